The molecular weight excluding hydrogens is 244 g/mol. The number of nitrogens with two attached hydrogens (primary N) is 1. The monoisotopic (exact) mass is 258 g/mol. The highest BCUT2D eigenvalue weighted by molar-refractivity contribution is 7.99. The van der Waals surface area contributed by atoms with Crippen molar-refractivity contribution in [2.24, 2.45) is 0 Å². The van der Waals surface area contributed by atoms with Crippen LogP contribution in [-0.4, -0.2) is 27.5 Å². The molecule has 16 heavy (non-hydrogen) atoms. The maximum atomic E-state index is 5.75. The van der Waals surface area contributed by atoms with E-state index in [-0.39, 0.29) is 5.28 Å². The van der Waals surface area contributed by atoms with Crippen LogP contribution in [0.15, 0.2) is 6.20 Å². The van der Waals surface area contributed by atoms with Gasteiger partial charge in [-0.25, -0.2) is 4.98 Å². The average Bonchev–Trinajstić information content (AvgIpc) is 2.32. The van der Waals surface area contributed by atoms with Crippen LogP contribution in [0.3, 0.4) is 0 Å². The van der Waals surface area contributed by atoms with Crippen LogP contribution in [0.2, 0.25) is 5.28 Å². The predicted octanol–water partition coefficient (Wildman–Crippen LogP) is 2.41. The summed E-state index contributed by atoms with van der Waals surface area (Å²) >= 11 is 7.73. The first-order chi connectivity index (χ1) is 7.75. The molecule has 1 aliphatic rings. The summed E-state index contributed by atoms with van der Waals surface area (Å²) in [5.74, 6) is 1.90. The van der Waals surface area contributed by atoms with E-state index in [4.69, 9.17) is 17.3 Å². The summed E-state index contributed by atoms with van der Waals surface area (Å²) in [5, 5.41) is 4.13. The average molecular weight is 259 g/mol. The number of nitrogen functional groups attached to an aromatic ring is 1. The summed E-state index contributed by atoms with van der Waals surface area (Å²) in [6.07, 6.45) is 5.45. The largest absolute Gasteiger partial charge is 0.394 e. The van der Waals surface area contributed by atoms with E-state index in [1.54, 1.807) is 0 Å². The van der Waals surface area contributed by atoms with Crippen LogP contribution in [-0.2, 0) is 0 Å². The molecule has 0 saturated carbocycles. The van der Waals surface area contributed by atoms with E-state index >= 15 is 0 Å². The molecule has 1 aromatic heterocycles. The Hall–Kier alpha value is -0.680. The van der Waals surface area contributed by atoms with Crippen LogP contribution in [0.1, 0.15) is 19.3 Å². The maximum Gasteiger partial charge on any atom is 0.224 e. The van der Waals surface area contributed by atoms with Crippen molar-refractivity contribution in [1.82, 2.24) is 9.97 Å². The lowest BCUT2D eigenvalue weighted by Crippen LogP contribution is -2.21. The van der Waals surface area contributed by atoms with E-state index in [9.17, 15) is 0 Å². The lowest BCUT2D eigenvalue weighted by atomic mass is 10.2. The van der Waals surface area contributed by atoms with Gasteiger partial charge >= 0.3 is 0 Å². The first-order valence-electron chi connectivity index (χ1n) is 5.39. The molecule has 88 valence electrons. The van der Waals surface area contributed by atoms with Gasteiger partial charge in [0.25, 0.3) is 0 Å². The summed E-state index contributed by atoms with van der Waals surface area (Å²) in [4.78, 5) is 7.88. The SMILES string of the molecule is Nc1cnc(Cl)nc1NCC1CCCCS1. The van der Waals surface area contributed by atoms with Crippen LogP contribution < -0.4 is 11.1 Å². The van der Waals surface area contributed by atoms with Gasteiger partial charge in [0.2, 0.25) is 5.28 Å². The maximum absolute atomic E-state index is 5.75. The van der Waals surface area contributed by atoms with Crippen molar-refractivity contribution in [1.29, 1.82) is 0 Å². The van der Waals surface area contributed by atoms with Crippen molar-refractivity contribution in [3.05, 3.63) is 11.5 Å². The summed E-state index contributed by atoms with van der Waals surface area (Å²) in [7, 11) is 0. The van der Waals surface area contributed by atoms with Gasteiger partial charge in [0.1, 0.15) is 0 Å². The van der Waals surface area contributed by atoms with Crippen molar-refractivity contribution >= 4 is 34.9 Å². The Morgan fingerprint density at radius 1 is 1.56 bits per heavy atom. The van der Waals surface area contributed by atoms with Crippen molar-refractivity contribution in [2.45, 2.75) is 24.5 Å². The van der Waals surface area contributed by atoms with E-state index in [0.717, 1.165) is 6.54 Å². The minimum absolute atomic E-state index is 0.230. The first-order valence-corrected chi connectivity index (χ1v) is 6.82. The second kappa shape index (κ2) is 5.59. The summed E-state index contributed by atoms with van der Waals surface area (Å²) in [6.45, 7) is 0.891. The number of hydrogen-bond acceptors (Lipinski definition) is 5. The third-order valence-electron chi connectivity index (χ3n) is 2.56. The zero-order valence-corrected chi connectivity index (χ0v) is 10.5. The van der Waals surface area contributed by atoms with Crippen LogP contribution >= 0.6 is 23.4 Å². The second-order valence-electron chi connectivity index (χ2n) is 3.81. The normalized spacial score (nSPS) is 20.7. The molecule has 0 aromatic carbocycles. The molecule has 0 bridgehead atoms. The Morgan fingerprint density at radius 3 is 3.19 bits per heavy atom. The Morgan fingerprint density at radius 2 is 2.44 bits per heavy atom. The molecule has 0 amide bonds. The molecule has 1 aliphatic heterocycles. The molecule has 1 fully saturated rings. The van der Waals surface area contributed by atoms with Crippen LogP contribution in [0.4, 0.5) is 11.5 Å². The van der Waals surface area contributed by atoms with Gasteiger partial charge in [-0.2, -0.15) is 16.7 Å². The molecule has 0 spiro atoms. The van der Waals surface area contributed by atoms with Crippen LogP contribution in [0.25, 0.3) is 0 Å². The highest BCUT2D eigenvalue weighted by Gasteiger charge is 2.14. The Bertz CT molecular complexity index is 355. The number of rotatable bonds is 3. The van der Waals surface area contributed by atoms with Gasteiger partial charge in [0, 0.05) is 11.8 Å². The minimum Gasteiger partial charge on any atom is -0.394 e. The fourth-order valence-electron chi connectivity index (χ4n) is 1.69. The number of nitrogens with one attached hydrogen (secondary N) is 1. The zero-order valence-electron chi connectivity index (χ0n) is 8.95. The van der Waals surface area contributed by atoms with Gasteiger partial charge in [-0.05, 0) is 30.2 Å². The lowest BCUT2D eigenvalue weighted by molar-refractivity contribution is 0.677. The van der Waals surface area contributed by atoms with Gasteiger partial charge in [0.15, 0.2) is 5.82 Å². The van der Waals surface area contributed by atoms with Gasteiger partial charge in [-0.3, -0.25) is 0 Å². The molecule has 2 rings (SSSR count). The Balaban J connectivity index is 1.90. The summed E-state index contributed by atoms with van der Waals surface area (Å²) in [5.41, 5.74) is 6.30. The zero-order chi connectivity index (χ0) is 11.4. The minimum atomic E-state index is 0.230. The molecule has 4 nitrogen and oxygen atoms in total. The fourth-order valence-corrected chi connectivity index (χ4v) is 3.06. The van der Waals surface area contributed by atoms with E-state index in [1.165, 1.54) is 31.2 Å². The van der Waals surface area contributed by atoms with Crippen LogP contribution in [0.5, 0.6) is 0 Å². The van der Waals surface area contributed by atoms with E-state index in [0.29, 0.717) is 16.8 Å². The molecular formula is C10H15ClN4S. The fraction of sp³-hybridized carbons (Fsp3) is 0.600. The van der Waals surface area contributed by atoms with E-state index in [1.807, 2.05) is 11.8 Å². The van der Waals surface area contributed by atoms with Gasteiger partial charge in [-0.1, -0.05) is 6.42 Å². The molecule has 2 heterocycles. The summed E-state index contributed by atoms with van der Waals surface area (Å²) in [6, 6.07) is 0. The van der Waals surface area contributed by atoms with Crippen molar-refractivity contribution in [3.63, 3.8) is 0 Å². The summed E-state index contributed by atoms with van der Waals surface area (Å²) < 4.78 is 0. The number of thioether (sulfide) groups is 1. The molecule has 0 radical (unpaired) electrons. The van der Waals surface area contributed by atoms with Gasteiger partial charge in [0.05, 0.1) is 11.9 Å². The first kappa shape index (κ1) is 11.8. The standard InChI is InChI=1S/C10H15ClN4S/c11-10-14-6-8(12)9(15-10)13-5-7-3-1-2-4-16-7/h6-7H,1-5,12H2,(H,13,14,15). The predicted molar refractivity (Wildman–Crippen MR) is 70.0 cm³/mol. The number of aromatic nitrogens is 2. The molecule has 1 atom stereocenters. The van der Waals surface area contributed by atoms with Crippen molar-refractivity contribution in [3.8, 4) is 0 Å². The quantitative estimate of drug-likeness (QED) is 0.816. The van der Waals surface area contributed by atoms with E-state index in [2.05, 4.69) is 15.3 Å². The van der Waals surface area contributed by atoms with Crippen molar-refractivity contribution < 1.29 is 0 Å². The van der Waals surface area contributed by atoms with Gasteiger partial charge < -0.3 is 11.1 Å². The molecule has 1 saturated heterocycles. The number of halogens is 1. The number of nitrogens with zero attached hydrogens (tertiary/aromatic N) is 2. The third-order valence-corrected chi connectivity index (χ3v) is 4.14. The van der Waals surface area contributed by atoms with Crippen molar-refractivity contribution in [2.75, 3.05) is 23.3 Å². The number of anilines is 2. The topological polar surface area (TPSA) is 63.8 Å². The second-order valence-corrected chi connectivity index (χ2v) is 5.56. The molecule has 3 N–H and O–H groups in total. The Kier molecular flexibility index (Phi) is 4.12. The molecule has 6 heteroatoms. The van der Waals surface area contributed by atoms with E-state index < -0.39 is 0 Å². The molecule has 1 unspecified atom stereocenters. The highest BCUT2D eigenvalue weighted by atomic mass is 35.5. The smallest absolute Gasteiger partial charge is 0.224 e. The molecule has 1 aromatic rings. The molecule has 0 aliphatic carbocycles. The lowest BCUT2D eigenvalue weighted by Gasteiger charge is -2.21. The number of hydrogen-bond donors (Lipinski definition) is 2. The highest BCUT2D eigenvalue weighted by Crippen LogP contribution is 2.25. The Labute approximate surface area is 104 Å². The van der Waals surface area contributed by atoms with Gasteiger partial charge in [-0.15, -0.1) is 0 Å². The van der Waals surface area contributed by atoms with Crippen LogP contribution in [0, 0.1) is 0 Å². The third kappa shape index (κ3) is 3.15.